The van der Waals surface area contributed by atoms with E-state index in [4.69, 9.17) is 4.74 Å². The fourth-order valence-electron chi connectivity index (χ4n) is 1.72. The van der Waals surface area contributed by atoms with Crippen LogP contribution in [0.1, 0.15) is 11.3 Å². The minimum atomic E-state index is 0.483. The Morgan fingerprint density at radius 1 is 1.22 bits per heavy atom. The molecule has 3 rings (SSSR count). The first-order chi connectivity index (χ1) is 8.81. The molecular weight excluding hydrogens is 226 g/mol. The molecule has 0 aromatic carbocycles. The Labute approximate surface area is 105 Å². The minimum Gasteiger partial charge on any atom is -0.472 e. The number of aromatic nitrogens is 3. The third-order valence-corrected chi connectivity index (χ3v) is 2.70. The van der Waals surface area contributed by atoms with Gasteiger partial charge in [0.25, 0.3) is 0 Å². The lowest BCUT2D eigenvalue weighted by atomic mass is 10.3. The molecule has 0 saturated carbocycles. The van der Waals surface area contributed by atoms with Crippen LogP contribution in [0.5, 0.6) is 5.88 Å². The summed E-state index contributed by atoms with van der Waals surface area (Å²) in [6.07, 6.45) is 5.64. The number of fused-ring (bicyclic) bond motifs is 1. The molecule has 4 nitrogen and oxygen atoms in total. The number of nitrogens with zero attached hydrogens (tertiary/aromatic N) is 3. The Balaban J connectivity index is 1.74. The van der Waals surface area contributed by atoms with Crippen molar-refractivity contribution in [3.63, 3.8) is 0 Å². The molecule has 3 aromatic rings. The van der Waals surface area contributed by atoms with E-state index >= 15 is 0 Å². The van der Waals surface area contributed by atoms with E-state index in [2.05, 4.69) is 9.97 Å². The first kappa shape index (κ1) is 10.8. The van der Waals surface area contributed by atoms with E-state index in [-0.39, 0.29) is 0 Å². The van der Waals surface area contributed by atoms with Gasteiger partial charge in [0.15, 0.2) is 0 Å². The molecule has 0 saturated heterocycles. The van der Waals surface area contributed by atoms with Gasteiger partial charge in [0, 0.05) is 23.7 Å². The fourth-order valence-corrected chi connectivity index (χ4v) is 1.72. The first-order valence-corrected chi connectivity index (χ1v) is 5.79. The van der Waals surface area contributed by atoms with Gasteiger partial charge in [-0.3, -0.25) is 4.98 Å². The van der Waals surface area contributed by atoms with Crippen LogP contribution in [0.4, 0.5) is 0 Å². The van der Waals surface area contributed by atoms with Crippen molar-refractivity contribution in [2.75, 3.05) is 0 Å². The lowest BCUT2D eigenvalue weighted by Gasteiger charge is -2.02. The molecule has 0 aliphatic rings. The van der Waals surface area contributed by atoms with Crippen LogP contribution in [0.3, 0.4) is 0 Å². The average molecular weight is 239 g/mol. The van der Waals surface area contributed by atoms with Gasteiger partial charge in [0.05, 0.1) is 6.20 Å². The van der Waals surface area contributed by atoms with Crippen LogP contribution in [0.15, 0.2) is 48.9 Å². The molecule has 0 aliphatic heterocycles. The number of rotatable bonds is 3. The van der Waals surface area contributed by atoms with Crippen LogP contribution in [0, 0.1) is 6.92 Å². The summed E-state index contributed by atoms with van der Waals surface area (Å²) in [6, 6.07) is 9.85. The topological polar surface area (TPSA) is 39.4 Å². The largest absolute Gasteiger partial charge is 0.472 e. The maximum absolute atomic E-state index is 5.64. The Bertz CT molecular complexity index is 625. The van der Waals surface area contributed by atoms with E-state index in [9.17, 15) is 0 Å². The van der Waals surface area contributed by atoms with Crippen molar-refractivity contribution in [3.05, 3.63) is 60.2 Å². The number of hydrogen-bond donors (Lipinski definition) is 0. The van der Waals surface area contributed by atoms with E-state index in [0.717, 1.165) is 16.9 Å². The van der Waals surface area contributed by atoms with Gasteiger partial charge in [-0.2, -0.15) is 4.98 Å². The second-order valence-electron chi connectivity index (χ2n) is 4.14. The van der Waals surface area contributed by atoms with E-state index in [1.54, 1.807) is 0 Å². The normalized spacial score (nSPS) is 10.7. The number of hydrogen-bond acceptors (Lipinski definition) is 3. The zero-order valence-electron chi connectivity index (χ0n) is 10.1. The Morgan fingerprint density at radius 2 is 2.17 bits per heavy atom. The van der Waals surface area contributed by atoms with E-state index in [1.165, 1.54) is 0 Å². The van der Waals surface area contributed by atoms with Gasteiger partial charge in [-0.1, -0.05) is 12.1 Å². The van der Waals surface area contributed by atoms with Crippen LogP contribution in [0.2, 0.25) is 0 Å². The summed E-state index contributed by atoms with van der Waals surface area (Å²) in [4.78, 5) is 8.59. The van der Waals surface area contributed by atoms with Crippen LogP contribution < -0.4 is 4.74 Å². The number of aryl methyl sites for hydroxylation is 1. The van der Waals surface area contributed by atoms with E-state index < -0.39 is 0 Å². The highest BCUT2D eigenvalue weighted by molar-refractivity contribution is 5.41. The predicted molar refractivity (Wildman–Crippen MR) is 68.5 cm³/mol. The summed E-state index contributed by atoms with van der Waals surface area (Å²) >= 11 is 0. The quantitative estimate of drug-likeness (QED) is 0.705. The third-order valence-electron chi connectivity index (χ3n) is 2.70. The van der Waals surface area contributed by atoms with Gasteiger partial charge in [-0.25, -0.2) is 0 Å². The summed E-state index contributed by atoms with van der Waals surface area (Å²) in [5, 5.41) is 0. The molecule has 0 unspecified atom stereocenters. The molecule has 0 N–H and O–H groups in total. The summed E-state index contributed by atoms with van der Waals surface area (Å²) in [7, 11) is 0. The molecule has 0 radical (unpaired) electrons. The zero-order valence-corrected chi connectivity index (χ0v) is 10.1. The standard InChI is InChI=1S/C14H13N3O/c1-11-5-6-12(8-15-11)10-18-14-9-17-7-3-2-4-13(17)16-14/h2-9H,10H2,1H3. The number of ether oxygens (including phenoxy) is 1. The Morgan fingerprint density at radius 3 is 2.94 bits per heavy atom. The molecule has 0 bridgehead atoms. The Hall–Kier alpha value is -2.36. The zero-order chi connectivity index (χ0) is 12.4. The van der Waals surface area contributed by atoms with Crippen molar-refractivity contribution in [1.29, 1.82) is 0 Å². The highest BCUT2D eigenvalue weighted by Crippen LogP contribution is 2.13. The molecule has 4 heteroatoms. The smallest absolute Gasteiger partial charge is 0.232 e. The van der Waals surface area contributed by atoms with Gasteiger partial charge in [0.1, 0.15) is 12.3 Å². The summed E-state index contributed by atoms with van der Waals surface area (Å²) < 4.78 is 7.58. The molecular formula is C14H13N3O. The van der Waals surface area contributed by atoms with Crippen LogP contribution >= 0.6 is 0 Å². The van der Waals surface area contributed by atoms with Crippen molar-refractivity contribution in [2.45, 2.75) is 13.5 Å². The SMILES string of the molecule is Cc1ccc(COc2cn3ccccc3n2)cn1. The van der Waals surface area contributed by atoms with Crippen molar-refractivity contribution in [3.8, 4) is 5.88 Å². The molecule has 0 spiro atoms. The van der Waals surface area contributed by atoms with Crippen molar-refractivity contribution >= 4 is 5.65 Å². The van der Waals surface area contributed by atoms with Crippen LogP contribution in [0.25, 0.3) is 5.65 Å². The molecule has 18 heavy (non-hydrogen) atoms. The van der Waals surface area contributed by atoms with Gasteiger partial charge >= 0.3 is 0 Å². The highest BCUT2D eigenvalue weighted by atomic mass is 16.5. The maximum atomic E-state index is 5.64. The lowest BCUT2D eigenvalue weighted by molar-refractivity contribution is 0.295. The molecule has 0 atom stereocenters. The third kappa shape index (κ3) is 2.18. The summed E-state index contributed by atoms with van der Waals surface area (Å²) in [6.45, 7) is 2.45. The average Bonchev–Trinajstić information content (AvgIpc) is 2.81. The van der Waals surface area contributed by atoms with Crippen molar-refractivity contribution in [1.82, 2.24) is 14.4 Å². The lowest BCUT2D eigenvalue weighted by Crippen LogP contribution is -1.96. The fraction of sp³-hybridized carbons (Fsp3) is 0.143. The van der Waals surface area contributed by atoms with Gasteiger partial charge in [0.2, 0.25) is 5.88 Å². The highest BCUT2D eigenvalue weighted by Gasteiger charge is 2.02. The van der Waals surface area contributed by atoms with Crippen molar-refractivity contribution < 1.29 is 4.74 Å². The molecule has 3 aromatic heterocycles. The first-order valence-electron chi connectivity index (χ1n) is 5.79. The van der Waals surface area contributed by atoms with Gasteiger partial charge < -0.3 is 9.14 Å². The molecule has 0 fully saturated rings. The van der Waals surface area contributed by atoms with Crippen molar-refractivity contribution in [2.24, 2.45) is 0 Å². The number of imidazole rings is 1. The van der Waals surface area contributed by atoms with Gasteiger partial charge in [-0.05, 0) is 25.1 Å². The summed E-state index contributed by atoms with van der Waals surface area (Å²) in [5.74, 6) is 0.627. The van der Waals surface area contributed by atoms with Crippen LogP contribution in [-0.2, 0) is 6.61 Å². The summed E-state index contributed by atoms with van der Waals surface area (Å²) in [5.41, 5.74) is 2.93. The molecule has 3 heterocycles. The minimum absolute atomic E-state index is 0.483. The second kappa shape index (κ2) is 4.49. The predicted octanol–water partition coefficient (Wildman–Crippen LogP) is 2.62. The second-order valence-corrected chi connectivity index (χ2v) is 4.14. The monoisotopic (exact) mass is 239 g/mol. The Kier molecular flexibility index (Phi) is 2.68. The number of pyridine rings is 2. The van der Waals surface area contributed by atoms with E-state index in [0.29, 0.717) is 12.5 Å². The molecule has 0 aliphatic carbocycles. The van der Waals surface area contributed by atoms with Crippen LogP contribution in [-0.4, -0.2) is 14.4 Å². The molecule has 0 amide bonds. The van der Waals surface area contributed by atoms with E-state index in [1.807, 2.05) is 60.2 Å². The molecule has 90 valence electrons. The maximum Gasteiger partial charge on any atom is 0.232 e. The van der Waals surface area contributed by atoms with Gasteiger partial charge in [-0.15, -0.1) is 0 Å².